The summed E-state index contributed by atoms with van der Waals surface area (Å²) in [6.07, 6.45) is -0.328. The number of rotatable bonds is 9. The van der Waals surface area contributed by atoms with E-state index in [0.29, 0.717) is 0 Å². The average molecular weight is 283 g/mol. The molecule has 1 unspecified atom stereocenters. The Labute approximate surface area is 105 Å². The second-order valence-corrected chi connectivity index (χ2v) is 5.31. The number of nitrogens with one attached hydrogen (secondary N) is 1. The molecule has 1 atom stereocenters. The Morgan fingerprint density at radius 1 is 1.33 bits per heavy atom. The molecule has 8 nitrogen and oxygen atoms in total. The number of sulfonamides is 1. The van der Waals surface area contributed by atoms with E-state index in [1.54, 1.807) is 0 Å². The largest absolute Gasteiger partial charge is 0.480 e. The summed E-state index contributed by atoms with van der Waals surface area (Å²) in [6, 6.07) is -1.27. The monoisotopic (exact) mass is 283 g/mol. The molecule has 0 heterocycles. The minimum atomic E-state index is -3.85. The van der Waals surface area contributed by atoms with Crippen molar-refractivity contribution < 1.29 is 32.6 Å². The molecule has 0 saturated heterocycles. The molecule has 18 heavy (non-hydrogen) atoms. The Morgan fingerprint density at radius 3 is 2.39 bits per heavy atom. The molecule has 9 heteroatoms. The van der Waals surface area contributed by atoms with Crippen LogP contribution >= 0.6 is 0 Å². The Bertz CT molecular complexity index is 378. The molecule has 0 aliphatic heterocycles. The predicted molar refractivity (Wildman–Crippen MR) is 61.5 cm³/mol. The molecule has 0 aliphatic carbocycles. The fourth-order valence-corrected chi connectivity index (χ4v) is 2.27. The number of methoxy groups -OCH3 is 2. The number of carbonyl (C=O) groups excluding carboxylic acids is 1. The number of carbonyl (C=O) groups is 2. The minimum Gasteiger partial charge on any atom is -0.480 e. The highest BCUT2D eigenvalue weighted by atomic mass is 32.2. The molecule has 0 aromatic heterocycles. The van der Waals surface area contributed by atoms with E-state index < -0.39 is 33.8 Å². The third-order valence-electron chi connectivity index (χ3n) is 2.03. The molecule has 0 spiro atoms. The lowest BCUT2D eigenvalue weighted by molar-refractivity contribution is -0.140. The van der Waals surface area contributed by atoms with Gasteiger partial charge in [0.15, 0.2) is 0 Å². The van der Waals surface area contributed by atoms with Crippen LogP contribution in [-0.2, 0) is 29.1 Å². The van der Waals surface area contributed by atoms with Crippen molar-refractivity contribution in [3.63, 3.8) is 0 Å². The number of carboxylic acid groups (broad SMARTS) is 1. The average Bonchev–Trinajstić information content (AvgIpc) is 2.31. The standard InChI is InChI=1S/C9H17NO7S/c1-16-5-3-7(9(12)13)10-18(14,15)6-4-8(11)17-2/h7,10H,3-6H2,1-2H3,(H,12,13). The van der Waals surface area contributed by atoms with E-state index in [2.05, 4.69) is 9.47 Å². The smallest absolute Gasteiger partial charge is 0.321 e. The van der Waals surface area contributed by atoms with Gasteiger partial charge in [0, 0.05) is 13.7 Å². The molecule has 0 amide bonds. The highest BCUT2D eigenvalue weighted by Gasteiger charge is 2.24. The van der Waals surface area contributed by atoms with Crippen LogP contribution in [0.4, 0.5) is 0 Å². The zero-order valence-electron chi connectivity index (χ0n) is 10.2. The van der Waals surface area contributed by atoms with Crippen LogP contribution in [0.2, 0.25) is 0 Å². The second kappa shape index (κ2) is 8.01. The van der Waals surface area contributed by atoms with Gasteiger partial charge in [-0.15, -0.1) is 0 Å². The molecule has 0 aromatic carbocycles. The van der Waals surface area contributed by atoms with E-state index in [1.807, 2.05) is 4.72 Å². The fourth-order valence-electron chi connectivity index (χ4n) is 1.06. The van der Waals surface area contributed by atoms with Gasteiger partial charge in [0.2, 0.25) is 10.0 Å². The molecule has 0 radical (unpaired) electrons. The van der Waals surface area contributed by atoms with Crippen LogP contribution in [0.25, 0.3) is 0 Å². The first kappa shape index (κ1) is 16.8. The summed E-state index contributed by atoms with van der Waals surface area (Å²) in [5.41, 5.74) is 0. The van der Waals surface area contributed by atoms with Crippen molar-refractivity contribution in [3.05, 3.63) is 0 Å². The van der Waals surface area contributed by atoms with Gasteiger partial charge in [-0.2, -0.15) is 0 Å². The van der Waals surface area contributed by atoms with Gasteiger partial charge < -0.3 is 14.6 Å². The maximum Gasteiger partial charge on any atom is 0.321 e. The van der Waals surface area contributed by atoms with Crippen molar-refractivity contribution in [2.75, 3.05) is 26.6 Å². The summed E-state index contributed by atoms with van der Waals surface area (Å²) in [4.78, 5) is 21.6. The molecule has 0 rings (SSSR count). The predicted octanol–water partition coefficient (Wildman–Crippen LogP) is -1.04. The number of ether oxygens (including phenoxy) is 2. The molecule has 0 saturated carbocycles. The quantitative estimate of drug-likeness (QED) is 0.519. The summed E-state index contributed by atoms with van der Waals surface area (Å²) in [7, 11) is -1.33. The van der Waals surface area contributed by atoms with Gasteiger partial charge in [-0.1, -0.05) is 0 Å². The topological polar surface area (TPSA) is 119 Å². The molecule has 0 aromatic rings. The highest BCUT2D eigenvalue weighted by Crippen LogP contribution is 1.99. The lowest BCUT2D eigenvalue weighted by Crippen LogP contribution is -2.42. The zero-order chi connectivity index (χ0) is 14.2. The van der Waals surface area contributed by atoms with Gasteiger partial charge in [-0.05, 0) is 6.42 Å². The summed E-state index contributed by atoms with van der Waals surface area (Å²) in [5.74, 6) is -2.49. The fraction of sp³-hybridized carbons (Fsp3) is 0.778. The third kappa shape index (κ3) is 7.20. The summed E-state index contributed by atoms with van der Waals surface area (Å²) >= 11 is 0. The van der Waals surface area contributed by atoms with Crippen LogP contribution in [0, 0.1) is 0 Å². The number of hydrogen-bond acceptors (Lipinski definition) is 6. The van der Waals surface area contributed by atoms with Crippen molar-refractivity contribution in [1.82, 2.24) is 4.72 Å². The second-order valence-electron chi connectivity index (χ2n) is 3.44. The van der Waals surface area contributed by atoms with Crippen molar-refractivity contribution in [2.24, 2.45) is 0 Å². The Balaban J connectivity index is 4.41. The number of aliphatic carboxylic acids is 1. The van der Waals surface area contributed by atoms with Crippen molar-refractivity contribution in [1.29, 1.82) is 0 Å². The highest BCUT2D eigenvalue weighted by molar-refractivity contribution is 7.89. The minimum absolute atomic E-state index is 0.00326. The van der Waals surface area contributed by atoms with Gasteiger partial charge >= 0.3 is 11.9 Å². The molecule has 0 bridgehead atoms. The molecule has 0 fully saturated rings. The SMILES string of the molecule is COCCC(NS(=O)(=O)CCC(=O)OC)C(=O)O. The number of esters is 1. The molecular weight excluding hydrogens is 266 g/mol. The third-order valence-corrected chi connectivity index (χ3v) is 3.42. The first-order valence-corrected chi connectivity index (χ1v) is 6.76. The number of hydrogen-bond donors (Lipinski definition) is 2. The molecule has 0 aliphatic rings. The Kier molecular flexibility index (Phi) is 7.48. The molecular formula is C9H17NO7S. The van der Waals surface area contributed by atoms with Crippen LogP contribution < -0.4 is 4.72 Å². The van der Waals surface area contributed by atoms with Gasteiger partial charge in [0.05, 0.1) is 19.3 Å². The lowest BCUT2D eigenvalue weighted by atomic mass is 10.2. The molecule has 2 N–H and O–H groups in total. The van der Waals surface area contributed by atoms with Crippen molar-refractivity contribution >= 4 is 22.0 Å². The zero-order valence-corrected chi connectivity index (χ0v) is 11.0. The van der Waals surface area contributed by atoms with Crippen LogP contribution in [0.15, 0.2) is 0 Å². The van der Waals surface area contributed by atoms with Gasteiger partial charge in [-0.25, -0.2) is 13.1 Å². The van der Waals surface area contributed by atoms with Gasteiger partial charge in [0.1, 0.15) is 6.04 Å². The van der Waals surface area contributed by atoms with E-state index in [-0.39, 0.29) is 19.4 Å². The van der Waals surface area contributed by atoms with E-state index in [9.17, 15) is 18.0 Å². The maximum atomic E-state index is 11.5. The summed E-state index contributed by atoms with van der Waals surface area (Å²) in [5, 5.41) is 8.81. The number of carboxylic acids is 1. The Morgan fingerprint density at radius 2 is 1.94 bits per heavy atom. The Hall–Kier alpha value is -1.19. The van der Waals surface area contributed by atoms with Crippen molar-refractivity contribution in [2.45, 2.75) is 18.9 Å². The summed E-state index contributed by atoms with van der Waals surface area (Å²) < 4.78 is 34.0. The van der Waals surface area contributed by atoms with E-state index >= 15 is 0 Å². The van der Waals surface area contributed by atoms with Crippen LogP contribution in [-0.4, -0.2) is 58.1 Å². The van der Waals surface area contributed by atoms with Crippen LogP contribution in [0.3, 0.4) is 0 Å². The summed E-state index contributed by atoms with van der Waals surface area (Å²) in [6.45, 7) is 0.108. The first-order valence-electron chi connectivity index (χ1n) is 5.11. The first-order chi connectivity index (χ1) is 8.32. The van der Waals surface area contributed by atoms with Crippen molar-refractivity contribution in [3.8, 4) is 0 Å². The van der Waals surface area contributed by atoms with Gasteiger partial charge in [-0.3, -0.25) is 9.59 Å². The van der Waals surface area contributed by atoms with E-state index in [4.69, 9.17) is 5.11 Å². The van der Waals surface area contributed by atoms with Gasteiger partial charge in [0.25, 0.3) is 0 Å². The molecule has 106 valence electrons. The normalized spacial score (nSPS) is 13.0. The van der Waals surface area contributed by atoms with E-state index in [0.717, 1.165) is 7.11 Å². The van der Waals surface area contributed by atoms with E-state index in [1.165, 1.54) is 7.11 Å². The van der Waals surface area contributed by atoms with Crippen LogP contribution in [0.1, 0.15) is 12.8 Å². The maximum absolute atomic E-state index is 11.5. The van der Waals surface area contributed by atoms with Crippen LogP contribution in [0.5, 0.6) is 0 Å². The lowest BCUT2D eigenvalue weighted by Gasteiger charge is -2.13.